The summed E-state index contributed by atoms with van der Waals surface area (Å²) >= 11 is 1.62. The molecule has 0 saturated heterocycles. The van der Waals surface area contributed by atoms with E-state index in [9.17, 15) is 0 Å². The van der Waals surface area contributed by atoms with E-state index < -0.39 is 0 Å². The second-order valence-electron chi connectivity index (χ2n) is 3.28. The van der Waals surface area contributed by atoms with Gasteiger partial charge in [-0.1, -0.05) is 6.92 Å². The summed E-state index contributed by atoms with van der Waals surface area (Å²) in [5.74, 6) is 0. The van der Waals surface area contributed by atoms with Gasteiger partial charge < -0.3 is 5.32 Å². The van der Waals surface area contributed by atoms with Crippen molar-refractivity contribution in [1.82, 2.24) is 20.1 Å². The Balaban J connectivity index is 2.32. The van der Waals surface area contributed by atoms with Crippen LogP contribution in [0.15, 0.2) is 23.2 Å². The lowest BCUT2D eigenvalue weighted by molar-refractivity contribution is 0.564. The van der Waals surface area contributed by atoms with Crippen molar-refractivity contribution < 1.29 is 0 Å². The van der Waals surface area contributed by atoms with Crippen molar-refractivity contribution in [2.24, 2.45) is 7.05 Å². The van der Waals surface area contributed by atoms with Crippen LogP contribution >= 0.6 is 11.3 Å². The number of aryl methyl sites for hydroxylation is 1. The van der Waals surface area contributed by atoms with Crippen molar-refractivity contribution in [2.75, 3.05) is 6.54 Å². The number of rotatable bonds is 4. The minimum Gasteiger partial charge on any atom is -0.304 e. The van der Waals surface area contributed by atoms with Gasteiger partial charge in [0.25, 0.3) is 0 Å². The van der Waals surface area contributed by atoms with Crippen LogP contribution in [0.25, 0.3) is 0 Å². The molecule has 1 N–H and O–H groups in total. The molecule has 2 rings (SSSR count). The summed E-state index contributed by atoms with van der Waals surface area (Å²) in [5.41, 5.74) is 4.06. The molecule has 0 radical (unpaired) electrons. The van der Waals surface area contributed by atoms with Crippen molar-refractivity contribution >= 4 is 11.3 Å². The maximum absolute atomic E-state index is 4.35. The zero-order valence-corrected chi connectivity index (χ0v) is 9.66. The number of thiazole rings is 1. The fourth-order valence-electron chi connectivity index (χ4n) is 1.60. The monoisotopic (exact) mass is 222 g/mol. The molecule has 5 heteroatoms. The van der Waals surface area contributed by atoms with E-state index in [1.54, 1.807) is 11.3 Å². The molecule has 1 atom stereocenters. The molecule has 15 heavy (non-hydrogen) atoms. The largest absolute Gasteiger partial charge is 0.304 e. The molecule has 0 amide bonds. The first-order valence-electron chi connectivity index (χ1n) is 4.92. The maximum atomic E-state index is 4.35. The first-order valence-corrected chi connectivity index (χ1v) is 5.86. The van der Waals surface area contributed by atoms with Gasteiger partial charge in [-0.3, -0.25) is 4.68 Å². The fraction of sp³-hybridized carbons (Fsp3) is 0.400. The summed E-state index contributed by atoms with van der Waals surface area (Å²) in [6.45, 7) is 3.00. The molecular formula is C10H14N4S. The summed E-state index contributed by atoms with van der Waals surface area (Å²) in [6, 6.07) is 2.17. The summed E-state index contributed by atoms with van der Waals surface area (Å²) in [7, 11) is 1.95. The smallest absolute Gasteiger partial charge is 0.0930 e. The van der Waals surface area contributed by atoms with Crippen LogP contribution in [0.5, 0.6) is 0 Å². The highest BCUT2D eigenvalue weighted by Gasteiger charge is 2.17. The predicted octanol–water partition coefficient (Wildman–Crippen LogP) is 1.58. The molecule has 0 aliphatic rings. The van der Waals surface area contributed by atoms with E-state index in [1.807, 2.05) is 29.5 Å². The van der Waals surface area contributed by atoms with Gasteiger partial charge in [-0.05, 0) is 12.6 Å². The zero-order chi connectivity index (χ0) is 10.7. The van der Waals surface area contributed by atoms with E-state index >= 15 is 0 Å². The van der Waals surface area contributed by atoms with E-state index in [0.717, 1.165) is 17.9 Å². The minimum absolute atomic E-state index is 0.147. The Morgan fingerprint density at radius 1 is 1.60 bits per heavy atom. The van der Waals surface area contributed by atoms with Crippen LogP contribution in [0.4, 0.5) is 0 Å². The molecule has 4 nitrogen and oxygen atoms in total. The molecule has 0 bridgehead atoms. The van der Waals surface area contributed by atoms with Gasteiger partial charge in [0.05, 0.1) is 22.9 Å². The highest BCUT2D eigenvalue weighted by Crippen LogP contribution is 2.20. The van der Waals surface area contributed by atoms with Gasteiger partial charge in [-0.25, -0.2) is 4.98 Å². The van der Waals surface area contributed by atoms with Crippen LogP contribution in [0.3, 0.4) is 0 Å². The Labute approximate surface area is 93.0 Å². The third kappa shape index (κ3) is 2.08. The quantitative estimate of drug-likeness (QED) is 0.854. The highest BCUT2D eigenvalue weighted by atomic mass is 32.1. The van der Waals surface area contributed by atoms with Crippen LogP contribution in [0, 0.1) is 0 Å². The van der Waals surface area contributed by atoms with Gasteiger partial charge >= 0.3 is 0 Å². The highest BCUT2D eigenvalue weighted by molar-refractivity contribution is 7.07. The number of nitrogens with zero attached hydrogens (tertiary/aromatic N) is 3. The van der Waals surface area contributed by atoms with Gasteiger partial charge in [0.15, 0.2) is 0 Å². The van der Waals surface area contributed by atoms with Crippen molar-refractivity contribution in [3.8, 4) is 0 Å². The molecular weight excluding hydrogens is 208 g/mol. The van der Waals surface area contributed by atoms with Crippen LogP contribution in [0.2, 0.25) is 0 Å². The molecule has 0 spiro atoms. The summed E-state index contributed by atoms with van der Waals surface area (Å²) in [5, 5.41) is 9.66. The van der Waals surface area contributed by atoms with Gasteiger partial charge in [0.2, 0.25) is 0 Å². The Morgan fingerprint density at radius 3 is 3.00 bits per heavy atom. The Hall–Kier alpha value is -1.20. The van der Waals surface area contributed by atoms with Gasteiger partial charge in [-0.15, -0.1) is 11.3 Å². The van der Waals surface area contributed by atoms with Crippen molar-refractivity contribution in [1.29, 1.82) is 0 Å². The lowest BCUT2D eigenvalue weighted by Crippen LogP contribution is -2.24. The SMILES string of the molecule is CCNC(c1cscn1)c1ccnn1C. The Kier molecular flexibility index (Phi) is 3.13. The zero-order valence-electron chi connectivity index (χ0n) is 8.84. The average Bonchev–Trinajstić information content (AvgIpc) is 2.85. The van der Waals surface area contributed by atoms with Gasteiger partial charge in [0.1, 0.15) is 0 Å². The van der Waals surface area contributed by atoms with E-state index in [1.165, 1.54) is 0 Å². The van der Waals surface area contributed by atoms with Crippen LogP contribution in [-0.2, 0) is 7.05 Å². The summed E-state index contributed by atoms with van der Waals surface area (Å²) in [4.78, 5) is 4.35. The third-order valence-electron chi connectivity index (χ3n) is 2.31. The van der Waals surface area contributed by atoms with Crippen molar-refractivity contribution in [3.63, 3.8) is 0 Å². The molecule has 2 heterocycles. The van der Waals surface area contributed by atoms with Crippen LogP contribution < -0.4 is 5.32 Å². The number of aromatic nitrogens is 3. The molecule has 2 aromatic heterocycles. The number of hydrogen-bond acceptors (Lipinski definition) is 4. The molecule has 0 fully saturated rings. The van der Waals surface area contributed by atoms with Crippen molar-refractivity contribution in [3.05, 3.63) is 34.5 Å². The van der Waals surface area contributed by atoms with Gasteiger partial charge in [0, 0.05) is 18.6 Å². The summed E-state index contributed by atoms with van der Waals surface area (Å²) in [6.07, 6.45) is 1.81. The van der Waals surface area contributed by atoms with E-state index in [0.29, 0.717) is 0 Å². The molecule has 1 unspecified atom stereocenters. The molecule has 2 aromatic rings. The Bertz CT molecular complexity index is 407. The second kappa shape index (κ2) is 4.55. The standard InChI is InChI=1S/C10H14N4S/c1-3-11-10(8-6-15-7-12-8)9-4-5-13-14(9)2/h4-7,10-11H,3H2,1-2H3. The van der Waals surface area contributed by atoms with Gasteiger partial charge in [-0.2, -0.15) is 5.10 Å². The molecule has 0 aliphatic carbocycles. The number of hydrogen-bond donors (Lipinski definition) is 1. The van der Waals surface area contributed by atoms with E-state index in [4.69, 9.17) is 0 Å². The summed E-state index contributed by atoms with van der Waals surface area (Å²) < 4.78 is 1.88. The molecule has 80 valence electrons. The van der Waals surface area contributed by atoms with Crippen molar-refractivity contribution in [2.45, 2.75) is 13.0 Å². The fourth-order valence-corrected chi connectivity index (χ4v) is 2.18. The lowest BCUT2D eigenvalue weighted by atomic mass is 10.1. The van der Waals surface area contributed by atoms with E-state index in [-0.39, 0.29) is 6.04 Å². The minimum atomic E-state index is 0.147. The van der Waals surface area contributed by atoms with E-state index in [2.05, 4.69) is 27.7 Å². The Morgan fingerprint density at radius 2 is 2.47 bits per heavy atom. The first kappa shape index (κ1) is 10.3. The second-order valence-corrected chi connectivity index (χ2v) is 4.00. The normalized spacial score (nSPS) is 12.9. The first-order chi connectivity index (χ1) is 7.33. The maximum Gasteiger partial charge on any atom is 0.0930 e. The number of nitrogens with one attached hydrogen (secondary N) is 1. The lowest BCUT2D eigenvalue weighted by Gasteiger charge is -2.15. The third-order valence-corrected chi connectivity index (χ3v) is 2.91. The molecule has 0 saturated carbocycles. The molecule has 0 aliphatic heterocycles. The predicted molar refractivity (Wildman–Crippen MR) is 60.8 cm³/mol. The topological polar surface area (TPSA) is 42.7 Å². The molecule has 0 aromatic carbocycles. The average molecular weight is 222 g/mol. The van der Waals surface area contributed by atoms with Crippen LogP contribution in [-0.4, -0.2) is 21.3 Å². The van der Waals surface area contributed by atoms with Crippen LogP contribution in [0.1, 0.15) is 24.4 Å².